The Morgan fingerprint density at radius 1 is 1.02 bits per heavy atom. The summed E-state index contributed by atoms with van der Waals surface area (Å²) in [5, 5.41) is 21.3. The Kier molecular flexibility index (Phi) is 9.50. The fourth-order valence-electron chi connectivity index (χ4n) is 8.88. The van der Waals surface area contributed by atoms with Crippen molar-refractivity contribution in [1.29, 1.82) is 0 Å². The number of Topliss-reactive ketones (excluding diaryl/α,β-unsaturated/α-hetero) is 1. The molecule has 3 N–H and O–H groups in total. The van der Waals surface area contributed by atoms with E-state index in [1.54, 1.807) is 0 Å². The molecule has 11 nitrogen and oxygen atoms in total. The number of esters is 2. The van der Waals surface area contributed by atoms with Crippen LogP contribution in [0.15, 0.2) is 11.6 Å². The van der Waals surface area contributed by atoms with Gasteiger partial charge >= 0.3 is 17.9 Å². The van der Waals surface area contributed by atoms with E-state index in [1.807, 2.05) is 13.0 Å². The molecule has 4 aliphatic rings. The number of fused-ring (bicyclic) bond motifs is 5. The molecule has 7 atom stereocenters. The van der Waals surface area contributed by atoms with Gasteiger partial charge in [0, 0.05) is 37.1 Å². The maximum absolute atomic E-state index is 13.9. The quantitative estimate of drug-likeness (QED) is 0.292. The number of carbonyl (C=O) groups is 6. The molecule has 11 heteroatoms. The van der Waals surface area contributed by atoms with Gasteiger partial charge in [0.15, 0.2) is 24.1 Å². The van der Waals surface area contributed by atoms with Crippen LogP contribution in [0.1, 0.15) is 98.8 Å². The predicted molar refractivity (Wildman–Crippen MR) is 157 cm³/mol. The summed E-state index contributed by atoms with van der Waals surface area (Å²) in [7, 11) is 0. The van der Waals surface area contributed by atoms with Gasteiger partial charge in [0.2, 0.25) is 11.7 Å². The number of hydrogen-bond acceptors (Lipinski definition) is 9. The lowest BCUT2D eigenvalue weighted by Crippen LogP contribution is -2.59. The Labute approximate surface area is 258 Å². The van der Waals surface area contributed by atoms with Gasteiger partial charge in [-0.3, -0.25) is 24.0 Å². The van der Waals surface area contributed by atoms with Crippen LogP contribution >= 0.6 is 0 Å². The first kappa shape index (κ1) is 33.8. The van der Waals surface area contributed by atoms with Gasteiger partial charge in [-0.2, -0.15) is 0 Å². The Balaban J connectivity index is 1.39. The normalized spacial score (nSPS) is 33.5. The zero-order valence-electron chi connectivity index (χ0n) is 26.5. The Hall–Kier alpha value is -3.08. The summed E-state index contributed by atoms with van der Waals surface area (Å²) in [6.45, 7) is 7.90. The molecule has 3 fully saturated rings. The molecular formula is C33H47NO10. The van der Waals surface area contributed by atoms with Crippen molar-refractivity contribution in [3.8, 4) is 0 Å². The Morgan fingerprint density at radius 3 is 2.36 bits per heavy atom. The van der Waals surface area contributed by atoms with Crippen LogP contribution in [0, 0.1) is 34.0 Å². The van der Waals surface area contributed by atoms with Crippen LogP contribution < -0.4 is 5.32 Å². The third-order valence-corrected chi connectivity index (χ3v) is 11.5. The molecule has 4 rings (SSSR count). The van der Waals surface area contributed by atoms with E-state index in [9.17, 15) is 33.9 Å². The number of aliphatic hydroxyl groups is 1. The first-order valence-electron chi connectivity index (χ1n) is 15.8. The molecule has 244 valence electrons. The largest absolute Gasteiger partial charge is 0.479 e. The number of aliphatic carboxylic acids is 1. The number of carbonyl (C=O) groups excluding carboxylic acids is 5. The van der Waals surface area contributed by atoms with Gasteiger partial charge < -0.3 is 25.0 Å². The number of carboxylic acids is 1. The molecule has 0 aromatic rings. The average Bonchev–Trinajstić information content (AvgIpc) is 3.25. The topological polar surface area (TPSA) is 173 Å². The SMILES string of the molecule is CC(=O)OC1(C(=O)COC(=O)CCC(=O)NCC(C)(C)C(O)C(=O)O)CCC2C3CCC4=CC(=O)CCC4(C)C3CCC21C. The summed E-state index contributed by atoms with van der Waals surface area (Å²) in [6.07, 6.45) is 5.40. The van der Waals surface area contributed by atoms with E-state index in [0.29, 0.717) is 37.5 Å². The maximum Gasteiger partial charge on any atom is 0.333 e. The number of ketones is 2. The second kappa shape index (κ2) is 12.4. The molecule has 7 unspecified atom stereocenters. The van der Waals surface area contributed by atoms with Gasteiger partial charge in [0.1, 0.15) is 0 Å². The second-order valence-electron chi connectivity index (χ2n) is 14.5. The van der Waals surface area contributed by atoms with Gasteiger partial charge in [0.25, 0.3) is 0 Å². The molecule has 0 radical (unpaired) electrons. The maximum atomic E-state index is 13.9. The molecule has 1 amide bonds. The summed E-state index contributed by atoms with van der Waals surface area (Å²) in [6, 6.07) is 0. The molecule has 0 spiro atoms. The molecule has 0 bridgehead atoms. The third kappa shape index (κ3) is 6.08. The highest BCUT2D eigenvalue weighted by molar-refractivity contribution is 5.93. The van der Waals surface area contributed by atoms with Crippen molar-refractivity contribution < 1.29 is 48.5 Å². The minimum Gasteiger partial charge on any atom is -0.479 e. The summed E-state index contributed by atoms with van der Waals surface area (Å²) >= 11 is 0. The van der Waals surface area contributed by atoms with Crippen LogP contribution in [-0.4, -0.2) is 70.5 Å². The van der Waals surface area contributed by atoms with Crippen LogP contribution in [0.25, 0.3) is 0 Å². The fourth-order valence-corrected chi connectivity index (χ4v) is 8.88. The number of aliphatic hydroxyl groups excluding tert-OH is 1. The Morgan fingerprint density at radius 2 is 1.70 bits per heavy atom. The zero-order chi connectivity index (χ0) is 32.7. The highest BCUT2D eigenvalue weighted by Gasteiger charge is 2.68. The molecular weight excluding hydrogens is 570 g/mol. The zero-order valence-corrected chi connectivity index (χ0v) is 26.5. The third-order valence-electron chi connectivity index (χ3n) is 11.5. The molecule has 0 aromatic carbocycles. The van der Waals surface area contributed by atoms with Crippen molar-refractivity contribution in [2.45, 2.75) is 111 Å². The predicted octanol–water partition coefficient (Wildman–Crippen LogP) is 3.30. The van der Waals surface area contributed by atoms with Gasteiger partial charge in [-0.15, -0.1) is 0 Å². The first-order chi connectivity index (χ1) is 20.5. The highest BCUT2D eigenvalue weighted by atomic mass is 16.6. The smallest absolute Gasteiger partial charge is 0.333 e. The average molecular weight is 618 g/mol. The summed E-state index contributed by atoms with van der Waals surface area (Å²) in [5.41, 5.74) is -1.96. The van der Waals surface area contributed by atoms with Gasteiger partial charge in [-0.05, 0) is 74.2 Å². The molecule has 0 aromatic heterocycles. The van der Waals surface area contributed by atoms with Gasteiger partial charge in [0.05, 0.1) is 6.42 Å². The number of allylic oxidation sites excluding steroid dienone is 1. The number of hydrogen-bond donors (Lipinski definition) is 3. The molecule has 0 heterocycles. The van der Waals surface area contributed by atoms with Crippen LogP contribution in [0.3, 0.4) is 0 Å². The van der Waals surface area contributed by atoms with E-state index < -0.39 is 58.7 Å². The van der Waals surface area contributed by atoms with E-state index in [4.69, 9.17) is 14.6 Å². The van der Waals surface area contributed by atoms with E-state index in [0.717, 1.165) is 25.7 Å². The minimum atomic E-state index is -1.68. The summed E-state index contributed by atoms with van der Waals surface area (Å²) in [5.74, 6) is -2.64. The molecule has 0 saturated heterocycles. The van der Waals surface area contributed by atoms with Crippen molar-refractivity contribution in [3.05, 3.63) is 11.6 Å². The van der Waals surface area contributed by atoms with Crippen LogP contribution in [-0.2, 0) is 38.2 Å². The fraction of sp³-hybridized carbons (Fsp3) is 0.758. The molecule has 3 saturated carbocycles. The highest BCUT2D eigenvalue weighted by Crippen LogP contribution is 2.68. The van der Waals surface area contributed by atoms with E-state index in [2.05, 4.69) is 12.2 Å². The van der Waals surface area contributed by atoms with Crippen molar-refractivity contribution in [3.63, 3.8) is 0 Å². The van der Waals surface area contributed by atoms with Crippen molar-refractivity contribution in [1.82, 2.24) is 5.32 Å². The Bertz CT molecular complexity index is 1250. The van der Waals surface area contributed by atoms with E-state index in [-0.39, 0.29) is 36.5 Å². The molecule has 44 heavy (non-hydrogen) atoms. The number of rotatable bonds is 11. The first-order valence-corrected chi connectivity index (χ1v) is 15.8. The van der Waals surface area contributed by atoms with Crippen LogP contribution in [0.5, 0.6) is 0 Å². The standard InChI is InChI=1S/C33H47NO10/c1-19(35)44-33(25(37)17-43-27(39)9-8-26(38)34-18-30(2,3)28(40)29(41)42)15-12-24-22-7-6-20-16-21(36)10-13-31(20,4)23(22)11-14-32(24,33)5/h16,22-24,28,40H,6-15,17-18H2,1-5H3,(H,34,38)(H,41,42). The van der Waals surface area contributed by atoms with Crippen molar-refractivity contribution in [2.24, 2.45) is 34.0 Å². The number of carboxylic acid groups (broad SMARTS) is 1. The monoisotopic (exact) mass is 617 g/mol. The number of ether oxygens (including phenoxy) is 2. The lowest BCUT2D eigenvalue weighted by Gasteiger charge is -2.59. The van der Waals surface area contributed by atoms with Crippen LogP contribution in [0.2, 0.25) is 0 Å². The number of amides is 1. The van der Waals surface area contributed by atoms with E-state index in [1.165, 1.54) is 26.3 Å². The van der Waals surface area contributed by atoms with Crippen molar-refractivity contribution in [2.75, 3.05) is 13.2 Å². The number of nitrogens with one attached hydrogen (secondary N) is 1. The van der Waals surface area contributed by atoms with Crippen LogP contribution in [0.4, 0.5) is 0 Å². The van der Waals surface area contributed by atoms with Crippen molar-refractivity contribution >= 4 is 35.4 Å². The molecule has 0 aliphatic heterocycles. The van der Waals surface area contributed by atoms with E-state index >= 15 is 0 Å². The molecule has 4 aliphatic carbocycles. The van der Waals surface area contributed by atoms with Gasteiger partial charge in [-0.25, -0.2) is 4.79 Å². The summed E-state index contributed by atoms with van der Waals surface area (Å²) < 4.78 is 11.2. The lowest BCUT2D eigenvalue weighted by atomic mass is 9.46. The van der Waals surface area contributed by atoms with Gasteiger partial charge in [-0.1, -0.05) is 33.3 Å². The second-order valence-corrected chi connectivity index (χ2v) is 14.5. The minimum absolute atomic E-state index is 0.0392. The lowest BCUT2D eigenvalue weighted by molar-refractivity contribution is -0.191. The summed E-state index contributed by atoms with van der Waals surface area (Å²) in [4.78, 5) is 74.3.